The van der Waals surface area contributed by atoms with Crippen LogP contribution in [0.2, 0.25) is 0 Å². The summed E-state index contributed by atoms with van der Waals surface area (Å²) in [5.74, 6) is -0.778. The van der Waals surface area contributed by atoms with Crippen molar-refractivity contribution in [1.29, 1.82) is 0 Å². The molecule has 2 aromatic carbocycles. The normalized spacial score (nSPS) is 13.1. The van der Waals surface area contributed by atoms with Crippen LogP contribution in [0.15, 0.2) is 47.6 Å². The molecule has 0 bridgehead atoms. The van der Waals surface area contributed by atoms with Crippen molar-refractivity contribution in [2.45, 2.75) is 6.92 Å². The summed E-state index contributed by atoms with van der Waals surface area (Å²) in [4.78, 5) is 28.6. The molecule has 1 heterocycles. The topological polar surface area (TPSA) is 86.1 Å². The molecule has 2 amide bonds. The van der Waals surface area contributed by atoms with Crippen molar-refractivity contribution in [2.24, 2.45) is 5.11 Å². The highest BCUT2D eigenvalue weighted by Gasteiger charge is 2.36. The smallest absolute Gasteiger partial charge is 0.266 e. The number of imide groups is 1. The molecule has 2 aromatic rings. The summed E-state index contributed by atoms with van der Waals surface area (Å²) in [5, 5.41) is 3.45. The average molecular weight is 278 g/mol. The summed E-state index contributed by atoms with van der Waals surface area (Å²) >= 11 is 0. The van der Waals surface area contributed by atoms with Crippen LogP contribution in [0, 0.1) is 6.92 Å². The zero-order valence-electron chi connectivity index (χ0n) is 11.1. The third-order valence-electron chi connectivity index (χ3n) is 3.32. The third kappa shape index (κ3) is 2.04. The SMILES string of the molecule is Cc1ccc(N2C(=O)c3ccc(N=[N+]=[N-])cc3C2=O)cc1. The van der Waals surface area contributed by atoms with Crippen molar-refractivity contribution in [2.75, 3.05) is 4.90 Å². The monoisotopic (exact) mass is 278 g/mol. The van der Waals surface area contributed by atoms with Gasteiger partial charge in [0.1, 0.15) is 0 Å². The zero-order chi connectivity index (χ0) is 15.0. The van der Waals surface area contributed by atoms with Gasteiger partial charge in [0.25, 0.3) is 11.8 Å². The standard InChI is InChI=1S/C15H10N4O2/c1-9-2-5-11(6-3-9)19-14(20)12-7-4-10(17-18-16)8-13(12)15(19)21/h2-8H,1H3. The van der Waals surface area contributed by atoms with Gasteiger partial charge in [-0.2, -0.15) is 0 Å². The quantitative estimate of drug-likeness (QED) is 0.362. The molecular weight excluding hydrogens is 268 g/mol. The van der Waals surface area contributed by atoms with Crippen LogP contribution in [-0.2, 0) is 0 Å². The molecule has 0 radical (unpaired) electrons. The van der Waals surface area contributed by atoms with E-state index in [9.17, 15) is 9.59 Å². The maximum atomic E-state index is 12.4. The number of fused-ring (bicyclic) bond motifs is 1. The third-order valence-corrected chi connectivity index (χ3v) is 3.32. The minimum atomic E-state index is -0.408. The molecule has 0 saturated heterocycles. The van der Waals surface area contributed by atoms with Crippen molar-refractivity contribution in [3.63, 3.8) is 0 Å². The Morgan fingerprint density at radius 3 is 2.33 bits per heavy atom. The molecule has 0 fully saturated rings. The van der Waals surface area contributed by atoms with E-state index in [1.54, 1.807) is 12.1 Å². The molecule has 1 aliphatic rings. The fourth-order valence-corrected chi connectivity index (χ4v) is 2.27. The summed E-state index contributed by atoms with van der Waals surface area (Å²) < 4.78 is 0. The first-order chi connectivity index (χ1) is 10.1. The number of azide groups is 1. The summed E-state index contributed by atoms with van der Waals surface area (Å²) in [6.45, 7) is 1.93. The second kappa shape index (κ2) is 4.77. The summed E-state index contributed by atoms with van der Waals surface area (Å²) in [7, 11) is 0. The van der Waals surface area contributed by atoms with E-state index in [-0.39, 0.29) is 11.5 Å². The van der Waals surface area contributed by atoms with Gasteiger partial charge in [-0.1, -0.05) is 28.9 Å². The number of carbonyl (C=O) groups is 2. The zero-order valence-corrected chi connectivity index (χ0v) is 11.1. The molecule has 0 aliphatic carbocycles. The highest BCUT2D eigenvalue weighted by atomic mass is 16.2. The van der Waals surface area contributed by atoms with Gasteiger partial charge in [0.2, 0.25) is 0 Å². The Kier molecular flexibility index (Phi) is 2.93. The van der Waals surface area contributed by atoms with Crippen LogP contribution in [0.1, 0.15) is 26.3 Å². The van der Waals surface area contributed by atoms with Crippen LogP contribution >= 0.6 is 0 Å². The average Bonchev–Trinajstić information content (AvgIpc) is 2.72. The van der Waals surface area contributed by atoms with E-state index in [2.05, 4.69) is 10.0 Å². The van der Waals surface area contributed by atoms with Gasteiger partial charge < -0.3 is 0 Å². The van der Waals surface area contributed by atoms with Gasteiger partial charge in [0.15, 0.2) is 0 Å². The second-order valence-electron chi connectivity index (χ2n) is 4.70. The Labute approximate surface area is 120 Å². The molecule has 0 saturated carbocycles. The highest BCUT2D eigenvalue weighted by molar-refractivity contribution is 6.34. The molecule has 0 N–H and O–H groups in total. The van der Waals surface area contributed by atoms with E-state index in [0.29, 0.717) is 16.9 Å². The lowest BCUT2D eigenvalue weighted by atomic mass is 10.1. The number of anilines is 1. The Balaban J connectivity index is 2.08. The van der Waals surface area contributed by atoms with Crippen molar-refractivity contribution in [1.82, 2.24) is 0 Å². The first-order valence-corrected chi connectivity index (χ1v) is 6.26. The summed E-state index contributed by atoms with van der Waals surface area (Å²) in [5.41, 5.74) is 10.9. The minimum Gasteiger partial charge on any atom is -0.268 e. The molecule has 102 valence electrons. The second-order valence-corrected chi connectivity index (χ2v) is 4.70. The molecule has 0 atom stereocenters. The molecule has 6 heteroatoms. The van der Waals surface area contributed by atoms with Gasteiger partial charge in [0, 0.05) is 10.6 Å². The maximum absolute atomic E-state index is 12.4. The highest BCUT2D eigenvalue weighted by Crippen LogP contribution is 2.31. The van der Waals surface area contributed by atoms with Gasteiger partial charge in [-0.05, 0) is 36.7 Å². The molecule has 0 spiro atoms. The lowest BCUT2D eigenvalue weighted by Crippen LogP contribution is -2.29. The van der Waals surface area contributed by atoms with E-state index in [1.165, 1.54) is 18.2 Å². The van der Waals surface area contributed by atoms with Crippen molar-refractivity contribution >= 4 is 23.2 Å². The number of carbonyl (C=O) groups excluding carboxylic acids is 2. The largest absolute Gasteiger partial charge is 0.268 e. The number of hydrogen-bond acceptors (Lipinski definition) is 3. The molecule has 1 aliphatic heterocycles. The summed E-state index contributed by atoms with van der Waals surface area (Å²) in [6.07, 6.45) is 0. The predicted molar refractivity (Wildman–Crippen MR) is 77.6 cm³/mol. The Morgan fingerprint density at radius 2 is 1.67 bits per heavy atom. The number of nitrogens with zero attached hydrogens (tertiary/aromatic N) is 4. The lowest BCUT2D eigenvalue weighted by molar-refractivity contribution is 0.0926. The van der Waals surface area contributed by atoms with Gasteiger partial charge in [-0.3, -0.25) is 9.59 Å². The molecule has 21 heavy (non-hydrogen) atoms. The maximum Gasteiger partial charge on any atom is 0.266 e. The van der Waals surface area contributed by atoms with E-state index < -0.39 is 5.91 Å². The van der Waals surface area contributed by atoms with E-state index in [0.717, 1.165) is 10.5 Å². The molecule has 6 nitrogen and oxygen atoms in total. The van der Waals surface area contributed by atoms with Crippen molar-refractivity contribution in [3.8, 4) is 0 Å². The molecular formula is C15H10N4O2. The van der Waals surface area contributed by atoms with Crippen LogP contribution in [0.4, 0.5) is 11.4 Å². The first kappa shape index (κ1) is 12.9. The Morgan fingerprint density at radius 1 is 1.00 bits per heavy atom. The number of aryl methyl sites for hydroxylation is 1. The van der Waals surface area contributed by atoms with Gasteiger partial charge >= 0.3 is 0 Å². The van der Waals surface area contributed by atoms with E-state index >= 15 is 0 Å². The van der Waals surface area contributed by atoms with Gasteiger partial charge in [0.05, 0.1) is 16.8 Å². The van der Waals surface area contributed by atoms with Crippen LogP contribution < -0.4 is 4.90 Å². The first-order valence-electron chi connectivity index (χ1n) is 6.26. The number of amides is 2. The lowest BCUT2D eigenvalue weighted by Gasteiger charge is -2.13. The summed E-state index contributed by atoms with van der Waals surface area (Å²) in [6, 6.07) is 11.6. The minimum absolute atomic E-state index is 0.255. The van der Waals surface area contributed by atoms with Crippen LogP contribution in [0.25, 0.3) is 10.4 Å². The van der Waals surface area contributed by atoms with Crippen molar-refractivity contribution in [3.05, 3.63) is 69.6 Å². The molecule has 3 rings (SSSR count). The molecule has 0 aromatic heterocycles. The number of rotatable bonds is 2. The fraction of sp³-hybridized carbons (Fsp3) is 0.0667. The van der Waals surface area contributed by atoms with E-state index in [1.807, 2.05) is 19.1 Å². The van der Waals surface area contributed by atoms with Gasteiger partial charge in [-0.15, -0.1) is 0 Å². The van der Waals surface area contributed by atoms with E-state index in [4.69, 9.17) is 5.53 Å². The van der Waals surface area contributed by atoms with Crippen molar-refractivity contribution < 1.29 is 9.59 Å². The Bertz CT molecular complexity index is 805. The van der Waals surface area contributed by atoms with Crippen LogP contribution in [-0.4, -0.2) is 11.8 Å². The number of hydrogen-bond donors (Lipinski definition) is 0. The number of benzene rings is 2. The van der Waals surface area contributed by atoms with Crippen LogP contribution in [0.3, 0.4) is 0 Å². The predicted octanol–water partition coefficient (Wildman–Crippen LogP) is 3.74. The van der Waals surface area contributed by atoms with Gasteiger partial charge in [-0.25, -0.2) is 4.90 Å². The van der Waals surface area contributed by atoms with Crippen LogP contribution in [0.5, 0.6) is 0 Å². The molecule has 0 unspecified atom stereocenters. The Hall–Kier alpha value is -3.11. The fourth-order valence-electron chi connectivity index (χ4n) is 2.27.